The predicted octanol–water partition coefficient (Wildman–Crippen LogP) is 2.78. The van der Waals surface area contributed by atoms with Crippen LogP contribution in [0.2, 0.25) is 0 Å². The second kappa shape index (κ2) is 12.2. The van der Waals surface area contributed by atoms with Crippen molar-refractivity contribution < 1.29 is 14.4 Å². The average molecular weight is 315 g/mol. The van der Waals surface area contributed by atoms with Crippen molar-refractivity contribution in [2.45, 2.75) is 26.3 Å². The number of hydrogen-bond acceptors (Lipinski definition) is 4. The van der Waals surface area contributed by atoms with Crippen LogP contribution in [0.15, 0.2) is 48.4 Å². The number of carbonyl (C=O) groups is 1. The van der Waals surface area contributed by atoms with E-state index in [1.165, 1.54) is 12.3 Å². The lowest BCUT2D eigenvalue weighted by atomic mass is 10.3. The zero-order valence-corrected chi connectivity index (χ0v) is 13.3. The smallest absolute Gasteiger partial charge is 0.261 e. The van der Waals surface area contributed by atoms with Crippen molar-refractivity contribution >= 4 is 17.5 Å². The molecular formula is C15H23ClN2O3. The van der Waals surface area contributed by atoms with Gasteiger partial charge in [0.2, 0.25) is 0 Å². The molecular weight excluding hydrogens is 292 g/mol. The lowest BCUT2D eigenvalue weighted by Gasteiger charge is -2.10. The Morgan fingerprint density at radius 2 is 2.14 bits per heavy atom. The zero-order valence-electron chi connectivity index (χ0n) is 12.5. The molecule has 0 aromatic carbocycles. The minimum atomic E-state index is -0.278. The van der Waals surface area contributed by atoms with E-state index in [1.807, 2.05) is 13.8 Å². The number of hydroxylamine groups is 1. The van der Waals surface area contributed by atoms with Gasteiger partial charge in [-0.3, -0.25) is 4.79 Å². The highest BCUT2D eigenvalue weighted by atomic mass is 35.5. The fourth-order valence-corrected chi connectivity index (χ4v) is 1.15. The van der Waals surface area contributed by atoms with E-state index in [-0.39, 0.29) is 18.6 Å². The number of amides is 1. The third-order valence-corrected chi connectivity index (χ3v) is 2.26. The largest absolute Gasteiger partial charge is 0.491 e. The van der Waals surface area contributed by atoms with Crippen molar-refractivity contribution in [3.05, 3.63) is 48.4 Å². The van der Waals surface area contributed by atoms with E-state index >= 15 is 0 Å². The van der Waals surface area contributed by atoms with Crippen LogP contribution in [0.5, 0.6) is 0 Å². The molecule has 0 radical (unpaired) electrons. The molecule has 0 aromatic rings. The summed E-state index contributed by atoms with van der Waals surface area (Å²) in [6.45, 7) is 11.5. The minimum Gasteiger partial charge on any atom is -0.491 e. The number of hydrogen-bond donors (Lipinski definition) is 2. The number of ether oxygens (including phenoxy) is 1. The molecule has 0 saturated heterocycles. The Morgan fingerprint density at radius 3 is 2.76 bits per heavy atom. The highest BCUT2D eigenvalue weighted by Gasteiger charge is 2.03. The van der Waals surface area contributed by atoms with Gasteiger partial charge in [-0.15, -0.1) is 0 Å². The van der Waals surface area contributed by atoms with Gasteiger partial charge in [0.25, 0.3) is 5.91 Å². The van der Waals surface area contributed by atoms with E-state index in [4.69, 9.17) is 21.2 Å². The normalized spacial score (nSPS) is 11.7. The van der Waals surface area contributed by atoms with Crippen LogP contribution in [-0.2, 0) is 14.4 Å². The second-order valence-electron chi connectivity index (χ2n) is 4.42. The molecule has 0 aliphatic heterocycles. The van der Waals surface area contributed by atoms with Crippen LogP contribution in [0, 0.1) is 0 Å². The van der Waals surface area contributed by atoms with Crippen LogP contribution in [0.3, 0.4) is 0 Å². The molecule has 5 nitrogen and oxygen atoms in total. The van der Waals surface area contributed by atoms with Crippen molar-refractivity contribution in [3.63, 3.8) is 0 Å². The van der Waals surface area contributed by atoms with Gasteiger partial charge in [-0.25, -0.2) is 5.48 Å². The van der Waals surface area contributed by atoms with Crippen molar-refractivity contribution in [3.8, 4) is 0 Å². The molecule has 2 N–H and O–H groups in total. The number of halogens is 1. The maximum Gasteiger partial charge on any atom is 0.261 e. The lowest BCUT2D eigenvalue weighted by molar-refractivity contribution is -0.123. The fourth-order valence-electron chi connectivity index (χ4n) is 1.07. The topological polar surface area (TPSA) is 59.6 Å². The van der Waals surface area contributed by atoms with Crippen LogP contribution in [0.25, 0.3) is 0 Å². The zero-order chi connectivity index (χ0) is 16.1. The van der Waals surface area contributed by atoms with Crippen LogP contribution in [-0.4, -0.2) is 25.2 Å². The van der Waals surface area contributed by atoms with Crippen LogP contribution in [0.4, 0.5) is 0 Å². The molecule has 0 spiro atoms. The summed E-state index contributed by atoms with van der Waals surface area (Å²) in [5, 5.41) is 3.11. The Balaban J connectivity index is 3.74. The first kappa shape index (κ1) is 19.4. The summed E-state index contributed by atoms with van der Waals surface area (Å²) in [6, 6.07) is 0.247. The summed E-state index contributed by atoms with van der Waals surface area (Å²) >= 11 is 5.68. The van der Waals surface area contributed by atoms with Crippen LogP contribution >= 0.6 is 11.6 Å². The van der Waals surface area contributed by atoms with Gasteiger partial charge in [0.05, 0.1) is 12.9 Å². The molecule has 21 heavy (non-hydrogen) atoms. The summed E-state index contributed by atoms with van der Waals surface area (Å²) in [7, 11) is 0. The molecule has 0 saturated carbocycles. The fraction of sp³-hybridized carbons (Fsp3) is 0.400. The summed E-state index contributed by atoms with van der Waals surface area (Å²) in [5.41, 5.74) is 3.38. The van der Waals surface area contributed by atoms with Crippen molar-refractivity contribution in [2.24, 2.45) is 0 Å². The summed E-state index contributed by atoms with van der Waals surface area (Å²) < 4.78 is 5.03. The SMILES string of the molecule is C=C/C(Cl)=C\C=C\OCC(=O)NC(=C)CCONC(C)C. The third-order valence-electron chi connectivity index (χ3n) is 1.98. The maximum absolute atomic E-state index is 11.5. The van der Waals surface area contributed by atoms with Crippen LogP contribution < -0.4 is 10.8 Å². The summed E-state index contributed by atoms with van der Waals surface area (Å²) in [5.74, 6) is -0.278. The van der Waals surface area contributed by atoms with E-state index in [0.717, 1.165) is 0 Å². The molecule has 0 aliphatic rings. The standard InChI is InChI=1S/C15H23ClN2O3/c1-5-14(16)7-6-9-20-11-15(19)17-13(4)8-10-21-18-12(2)3/h5-7,9,12,18H,1,4,8,10-11H2,2-3H3,(H,17,19)/b9-6+,14-7+. The maximum atomic E-state index is 11.5. The predicted molar refractivity (Wildman–Crippen MR) is 85.3 cm³/mol. The molecule has 0 unspecified atom stereocenters. The molecule has 0 atom stereocenters. The molecule has 118 valence electrons. The van der Waals surface area contributed by atoms with E-state index in [2.05, 4.69) is 24.0 Å². The van der Waals surface area contributed by atoms with Crippen LogP contribution in [0.1, 0.15) is 20.3 Å². The monoisotopic (exact) mass is 314 g/mol. The molecule has 0 bridgehead atoms. The number of nitrogens with one attached hydrogen (secondary N) is 2. The summed E-state index contributed by atoms with van der Waals surface area (Å²) in [6.07, 6.45) is 6.59. The average Bonchev–Trinajstić information content (AvgIpc) is 2.42. The number of carbonyl (C=O) groups excluding carboxylic acids is 1. The highest BCUT2D eigenvalue weighted by Crippen LogP contribution is 2.01. The Bertz CT molecular complexity index is 404. The molecule has 0 fully saturated rings. The van der Waals surface area contributed by atoms with Gasteiger partial charge in [-0.2, -0.15) is 0 Å². The first-order valence-electron chi connectivity index (χ1n) is 6.57. The van der Waals surface area contributed by atoms with Gasteiger partial charge in [0, 0.05) is 23.2 Å². The van der Waals surface area contributed by atoms with E-state index < -0.39 is 0 Å². The number of allylic oxidation sites excluding steroid dienone is 4. The van der Waals surface area contributed by atoms with Gasteiger partial charge >= 0.3 is 0 Å². The Hall–Kier alpha value is -1.56. The molecule has 0 aromatic heterocycles. The Morgan fingerprint density at radius 1 is 1.43 bits per heavy atom. The third kappa shape index (κ3) is 13.2. The van der Waals surface area contributed by atoms with Gasteiger partial charge in [-0.05, 0) is 26.0 Å². The van der Waals surface area contributed by atoms with Gasteiger partial charge in [0.15, 0.2) is 6.61 Å². The highest BCUT2D eigenvalue weighted by molar-refractivity contribution is 6.31. The van der Waals surface area contributed by atoms with E-state index in [9.17, 15) is 4.79 Å². The molecule has 1 amide bonds. The lowest BCUT2D eigenvalue weighted by Crippen LogP contribution is -2.28. The first-order chi connectivity index (χ1) is 9.95. The quantitative estimate of drug-likeness (QED) is 0.266. The van der Waals surface area contributed by atoms with Crippen molar-refractivity contribution in [2.75, 3.05) is 13.2 Å². The molecule has 0 rings (SSSR count). The first-order valence-corrected chi connectivity index (χ1v) is 6.94. The van der Waals surface area contributed by atoms with Gasteiger partial charge in [-0.1, -0.05) is 30.8 Å². The van der Waals surface area contributed by atoms with E-state index in [1.54, 1.807) is 12.2 Å². The number of rotatable bonds is 11. The molecule has 0 heterocycles. The van der Waals surface area contributed by atoms with Gasteiger partial charge < -0.3 is 14.9 Å². The Labute approximate surface area is 131 Å². The Kier molecular flexibility index (Phi) is 11.3. The van der Waals surface area contributed by atoms with Gasteiger partial charge in [0.1, 0.15) is 0 Å². The summed E-state index contributed by atoms with van der Waals surface area (Å²) in [4.78, 5) is 16.7. The van der Waals surface area contributed by atoms with Crippen molar-refractivity contribution in [1.29, 1.82) is 0 Å². The second-order valence-corrected chi connectivity index (χ2v) is 4.85. The molecule has 6 heteroatoms. The van der Waals surface area contributed by atoms with E-state index in [0.29, 0.717) is 23.8 Å². The molecule has 0 aliphatic carbocycles. The minimum absolute atomic E-state index is 0.0971. The van der Waals surface area contributed by atoms with Crippen molar-refractivity contribution in [1.82, 2.24) is 10.8 Å².